The molecule has 0 unspecified atom stereocenters. The van der Waals surface area contributed by atoms with E-state index in [0.29, 0.717) is 11.7 Å². The van der Waals surface area contributed by atoms with Gasteiger partial charge in [0.2, 0.25) is 0 Å². The van der Waals surface area contributed by atoms with E-state index in [1.165, 1.54) is 0 Å². The van der Waals surface area contributed by atoms with Crippen LogP contribution in [0.2, 0.25) is 5.15 Å². The maximum absolute atomic E-state index is 12.5. The largest absolute Gasteiger partial charge is 0.368 e. The van der Waals surface area contributed by atoms with Gasteiger partial charge < -0.3 is 20.0 Å². The van der Waals surface area contributed by atoms with Gasteiger partial charge in [-0.2, -0.15) is 0 Å². The number of nitrogens with one attached hydrogen (secondary N) is 1. The summed E-state index contributed by atoms with van der Waals surface area (Å²) < 4.78 is 0. The van der Waals surface area contributed by atoms with Crippen LogP contribution in [-0.4, -0.2) is 60.5 Å². The first-order valence-corrected chi connectivity index (χ1v) is 10.7. The molecule has 0 atom stereocenters. The molecule has 1 N–H and O–H groups in total. The van der Waals surface area contributed by atoms with Gasteiger partial charge in [0.15, 0.2) is 5.15 Å². The first-order valence-electron chi connectivity index (χ1n) is 10.3. The highest BCUT2D eigenvalue weighted by Crippen LogP contribution is 2.31. The molecule has 3 heterocycles. The average Bonchev–Trinajstić information content (AvgIpc) is 3.04. The van der Waals surface area contributed by atoms with E-state index >= 15 is 0 Å². The minimum absolute atomic E-state index is 0.136. The third-order valence-corrected chi connectivity index (χ3v) is 6.04. The van der Waals surface area contributed by atoms with Gasteiger partial charge in [-0.15, -0.1) is 0 Å². The number of carbonyl (C=O) groups is 1. The van der Waals surface area contributed by atoms with Crippen LogP contribution in [0, 0.1) is 0 Å². The summed E-state index contributed by atoms with van der Waals surface area (Å²) in [7, 11) is 2.15. The Hall–Kier alpha value is -2.31. The summed E-state index contributed by atoms with van der Waals surface area (Å²) in [6.45, 7) is 7.68. The van der Waals surface area contributed by atoms with Gasteiger partial charge in [0.25, 0.3) is 5.91 Å². The number of aromatic nitrogens is 1. The van der Waals surface area contributed by atoms with E-state index in [2.05, 4.69) is 46.2 Å². The van der Waals surface area contributed by atoms with Crippen LogP contribution in [0.25, 0.3) is 0 Å². The number of benzene rings is 1. The highest BCUT2D eigenvalue weighted by atomic mass is 35.5. The van der Waals surface area contributed by atoms with Crippen molar-refractivity contribution in [2.75, 3.05) is 50.0 Å². The van der Waals surface area contributed by atoms with Crippen LogP contribution in [0.4, 0.5) is 17.1 Å². The zero-order valence-electron chi connectivity index (χ0n) is 17.1. The molecular formula is C22H28ClN5O. The van der Waals surface area contributed by atoms with Gasteiger partial charge in [-0.1, -0.05) is 24.9 Å². The molecule has 154 valence electrons. The minimum atomic E-state index is 0.136. The minimum Gasteiger partial charge on any atom is -0.368 e. The Balaban J connectivity index is 1.50. The van der Waals surface area contributed by atoms with Crippen LogP contribution >= 0.6 is 11.6 Å². The van der Waals surface area contributed by atoms with E-state index < -0.39 is 0 Å². The Labute approximate surface area is 177 Å². The fourth-order valence-electron chi connectivity index (χ4n) is 3.91. The number of piperazine rings is 1. The lowest BCUT2D eigenvalue weighted by Crippen LogP contribution is -2.44. The molecule has 0 aliphatic carbocycles. The number of pyridine rings is 1. The van der Waals surface area contributed by atoms with Crippen molar-refractivity contribution < 1.29 is 4.79 Å². The highest BCUT2D eigenvalue weighted by Gasteiger charge is 2.27. The number of amides is 1. The topological polar surface area (TPSA) is 51.7 Å². The van der Waals surface area contributed by atoms with Crippen molar-refractivity contribution in [3.63, 3.8) is 0 Å². The van der Waals surface area contributed by atoms with Gasteiger partial charge >= 0.3 is 0 Å². The molecule has 0 radical (unpaired) electrons. The van der Waals surface area contributed by atoms with Crippen LogP contribution in [0.3, 0.4) is 0 Å². The number of likely N-dealkylation sites (N-methyl/N-ethyl adjacent to an activating group) is 1. The predicted octanol–water partition coefficient (Wildman–Crippen LogP) is 3.99. The molecule has 2 aliphatic rings. The summed E-state index contributed by atoms with van der Waals surface area (Å²) in [5.74, 6) is 0.136. The molecule has 0 saturated carbocycles. The molecule has 1 aromatic carbocycles. The summed E-state index contributed by atoms with van der Waals surface area (Å²) in [4.78, 5) is 23.5. The maximum Gasteiger partial charge on any atom is 0.254 e. The summed E-state index contributed by atoms with van der Waals surface area (Å²) >= 11 is 6.37. The maximum atomic E-state index is 12.5. The van der Waals surface area contributed by atoms with Crippen molar-refractivity contribution in [2.45, 2.75) is 26.3 Å². The van der Waals surface area contributed by atoms with Crippen molar-refractivity contribution in [3.05, 3.63) is 46.7 Å². The zero-order chi connectivity index (χ0) is 20.4. The van der Waals surface area contributed by atoms with Crippen molar-refractivity contribution in [3.8, 4) is 0 Å². The van der Waals surface area contributed by atoms with Crippen molar-refractivity contribution in [2.24, 2.45) is 0 Å². The Morgan fingerprint density at radius 2 is 1.97 bits per heavy atom. The quantitative estimate of drug-likeness (QED) is 0.726. The van der Waals surface area contributed by atoms with Crippen LogP contribution in [0.1, 0.15) is 35.7 Å². The standard InChI is InChI=1S/C22H28ClN5O/c1-3-4-7-28-15-16-12-17(5-6-19(16)22(28)29)25-20-13-18(14-24-21(20)23)27-10-8-26(2)9-11-27/h5-6,12-14,25H,3-4,7-11,15H2,1-2H3. The molecule has 1 fully saturated rings. The SMILES string of the molecule is CCCCN1Cc2cc(Nc3cc(N4CCN(C)CC4)cnc3Cl)ccc2C1=O. The predicted molar refractivity (Wildman–Crippen MR) is 118 cm³/mol. The summed E-state index contributed by atoms with van der Waals surface area (Å²) in [5, 5.41) is 3.85. The number of rotatable bonds is 6. The molecule has 1 saturated heterocycles. The normalized spacial score (nSPS) is 17.0. The number of fused-ring (bicyclic) bond motifs is 1. The number of anilines is 3. The van der Waals surface area contributed by atoms with Crippen molar-refractivity contribution in [1.29, 1.82) is 0 Å². The van der Waals surface area contributed by atoms with E-state index in [0.717, 1.165) is 73.8 Å². The number of halogens is 1. The second kappa shape index (κ2) is 8.59. The molecule has 7 heteroatoms. The van der Waals surface area contributed by atoms with Gasteiger partial charge in [-0.3, -0.25) is 4.79 Å². The third-order valence-electron chi connectivity index (χ3n) is 5.74. The number of unbranched alkanes of at least 4 members (excludes halogenated alkanes) is 1. The Morgan fingerprint density at radius 1 is 1.17 bits per heavy atom. The Bertz CT molecular complexity index is 895. The van der Waals surface area contributed by atoms with Crippen molar-refractivity contribution >= 4 is 34.6 Å². The molecule has 0 bridgehead atoms. The van der Waals surface area contributed by atoms with Crippen LogP contribution in [-0.2, 0) is 6.54 Å². The van der Waals surface area contributed by atoms with E-state index in [1.54, 1.807) is 0 Å². The van der Waals surface area contributed by atoms with E-state index in [9.17, 15) is 4.79 Å². The summed E-state index contributed by atoms with van der Waals surface area (Å²) in [5.41, 5.74) is 4.66. The van der Waals surface area contributed by atoms with Crippen LogP contribution < -0.4 is 10.2 Å². The molecule has 29 heavy (non-hydrogen) atoms. The molecule has 2 aliphatic heterocycles. The number of hydrogen-bond donors (Lipinski definition) is 1. The summed E-state index contributed by atoms with van der Waals surface area (Å²) in [6, 6.07) is 7.97. The second-order valence-corrected chi connectivity index (χ2v) is 8.26. The fourth-order valence-corrected chi connectivity index (χ4v) is 4.06. The van der Waals surface area contributed by atoms with E-state index in [-0.39, 0.29) is 5.91 Å². The van der Waals surface area contributed by atoms with Gasteiger partial charge in [0.1, 0.15) is 0 Å². The van der Waals surface area contributed by atoms with Gasteiger partial charge in [0, 0.05) is 50.5 Å². The molecule has 4 rings (SSSR count). The first-order chi connectivity index (χ1) is 14.0. The number of nitrogens with zero attached hydrogens (tertiary/aromatic N) is 4. The Morgan fingerprint density at radius 3 is 2.72 bits per heavy atom. The Kier molecular flexibility index (Phi) is 5.92. The lowest BCUT2D eigenvalue weighted by molar-refractivity contribution is 0.0776. The zero-order valence-corrected chi connectivity index (χ0v) is 17.9. The monoisotopic (exact) mass is 413 g/mol. The lowest BCUT2D eigenvalue weighted by Gasteiger charge is -2.34. The molecular weight excluding hydrogens is 386 g/mol. The lowest BCUT2D eigenvalue weighted by atomic mass is 10.1. The van der Waals surface area contributed by atoms with Crippen LogP contribution in [0.5, 0.6) is 0 Å². The summed E-state index contributed by atoms with van der Waals surface area (Å²) in [6.07, 6.45) is 3.96. The third kappa shape index (κ3) is 4.33. The number of hydrogen-bond acceptors (Lipinski definition) is 5. The fraction of sp³-hybridized carbons (Fsp3) is 0.455. The first kappa shape index (κ1) is 20.0. The molecule has 6 nitrogen and oxygen atoms in total. The van der Waals surface area contributed by atoms with E-state index in [4.69, 9.17) is 11.6 Å². The smallest absolute Gasteiger partial charge is 0.254 e. The molecule has 1 amide bonds. The van der Waals surface area contributed by atoms with Gasteiger partial charge in [-0.05, 0) is 43.3 Å². The highest BCUT2D eigenvalue weighted by molar-refractivity contribution is 6.32. The molecule has 2 aromatic rings. The number of carbonyl (C=O) groups excluding carboxylic acids is 1. The van der Waals surface area contributed by atoms with Gasteiger partial charge in [0.05, 0.1) is 17.6 Å². The molecule has 1 aromatic heterocycles. The average molecular weight is 414 g/mol. The van der Waals surface area contributed by atoms with Crippen molar-refractivity contribution in [1.82, 2.24) is 14.8 Å². The molecule has 0 spiro atoms. The van der Waals surface area contributed by atoms with E-state index in [1.807, 2.05) is 23.2 Å². The van der Waals surface area contributed by atoms with Gasteiger partial charge in [-0.25, -0.2) is 4.98 Å². The second-order valence-electron chi connectivity index (χ2n) is 7.90. The van der Waals surface area contributed by atoms with Crippen LogP contribution in [0.15, 0.2) is 30.5 Å².